The first kappa shape index (κ1) is 17.3. The van der Waals surface area contributed by atoms with Gasteiger partial charge in [0.1, 0.15) is 5.75 Å². The van der Waals surface area contributed by atoms with Crippen LogP contribution in [0.3, 0.4) is 0 Å². The molecule has 0 radical (unpaired) electrons. The molecule has 2 N–H and O–H groups in total. The minimum atomic E-state index is 0.258. The Morgan fingerprint density at radius 2 is 2.15 bits per heavy atom. The fourth-order valence-electron chi connectivity index (χ4n) is 2.16. The highest BCUT2D eigenvalue weighted by Gasteiger charge is 2.17. The summed E-state index contributed by atoms with van der Waals surface area (Å²) in [6, 6.07) is 6.59. The number of aliphatic hydroxyl groups is 1. The second-order valence-corrected chi connectivity index (χ2v) is 6.48. The lowest BCUT2D eigenvalue weighted by Gasteiger charge is -2.22. The molecule has 0 spiro atoms. The van der Waals surface area contributed by atoms with Crippen LogP contribution in [0.15, 0.2) is 18.2 Å². The molecule has 0 aliphatic carbocycles. The Morgan fingerprint density at radius 3 is 2.75 bits per heavy atom. The summed E-state index contributed by atoms with van der Waals surface area (Å²) in [5.74, 6) is 1.92. The number of rotatable bonds is 9. The van der Waals surface area contributed by atoms with Crippen molar-refractivity contribution in [3.05, 3.63) is 29.3 Å². The molecule has 0 saturated carbocycles. The quantitative estimate of drug-likeness (QED) is 0.734. The van der Waals surface area contributed by atoms with Crippen LogP contribution >= 0.6 is 11.8 Å². The number of hydrogen-bond acceptors (Lipinski definition) is 4. The highest BCUT2D eigenvalue weighted by molar-refractivity contribution is 7.99. The molecule has 4 heteroatoms. The molecule has 114 valence electrons. The van der Waals surface area contributed by atoms with Gasteiger partial charge >= 0.3 is 0 Å². The van der Waals surface area contributed by atoms with Crippen molar-refractivity contribution in [2.75, 3.05) is 26.0 Å². The van der Waals surface area contributed by atoms with Gasteiger partial charge in [-0.2, -0.15) is 11.8 Å². The Labute approximate surface area is 127 Å². The summed E-state index contributed by atoms with van der Waals surface area (Å²) < 4.78 is 5.49. The van der Waals surface area contributed by atoms with Gasteiger partial charge in [-0.25, -0.2) is 0 Å². The average Bonchev–Trinajstić information content (AvgIpc) is 2.43. The summed E-state index contributed by atoms with van der Waals surface area (Å²) >= 11 is 1.89. The maximum absolute atomic E-state index is 8.99. The van der Waals surface area contributed by atoms with E-state index in [9.17, 15) is 0 Å². The third-order valence-electron chi connectivity index (χ3n) is 3.29. The van der Waals surface area contributed by atoms with Crippen LogP contribution in [0, 0.1) is 6.92 Å². The van der Waals surface area contributed by atoms with E-state index in [0.717, 1.165) is 24.5 Å². The first-order chi connectivity index (χ1) is 9.62. The van der Waals surface area contributed by atoms with Crippen molar-refractivity contribution in [2.45, 2.75) is 38.5 Å². The van der Waals surface area contributed by atoms with Crippen LogP contribution in [-0.2, 0) is 0 Å². The van der Waals surface area contributed by atoms with Crippen LogP contribution in [0.1, 0.15) is 37.4 Å². The van der Waals surface area contributed by atoms with Crippen molar-refractivity contribution < 1.29 is 9.84 Å². The molecule has 0 bridgehead atoms. The molecule has 0 aliphatic heterocycles. The molecule has 0 heterocycles. The van der Waals surface area contributed by atoms with E-state index in [4.69, 9.17) is 9.84 Å². The monoisotopic (exact) mass is 297 g/mol. The van der Waals surface area contributed by atoms with Gasteiger partial charge in [0.25, 0.3) is 0 Å². The third-order valence-corrected chi connectivity index (χ3v) is 4.62. The number of aliphatic hydroxyl groups excluding tert-OH is 1. The molecule has 3 nitrogen and oxygen atoms in total. The number of nitrogens with one attached hydrogen (secondary N) is 1. The van der Waals surface area contributed by atoms with Crippen LogP contribution < -0.4 is 10.1 Å². The van der Waals surface area contributed by atoms with Crippen molar-refractivity contribution in [3.63, 3.8) is 0 Å². The standard InChI is InChI=1S/C16H27NO2S/c1-5-17-15(11-20-13(3)8-9-18)14-10-12(2)6-7-16(14)19-4/h6-7,10,13,15,17-18H,5,8-9,11H2,1-4H3. The molecule has 0 amide bonds. The summed E-state index contributed by atoms with van der Waals surface area (Å²) in [6.07, 6.45) is 0.842. The van der Waals surface area contributed by atoms with E-state index in [0.29, 0.717) is 5.25 Å². The Morgan fingerprint density at radius 1 is 1.40 bits per heavy atom. The molecular weight excluding hydrogens is 270 g/mol. The highest BCUT2D eigenvalue weighted by atomic mass is 32.2. The molecule has 0 aliphatic rings. The summed E-state index contributed by atoms with van der Waals surface area (Å²) in [5, 5.41) is 13.0. The first-order valence-corrected chi connectivity index (χ1v) is 8.27. The molecule has 0 fully saturated rings. The molecule has 20 heavy (non-hydrogen) atoms. The van der Waals surface area contributed by atoms with Gasteiger partial charge in [-0.15, -0.1) is 0 Å². The summed E-state index contributed by atoms with van der Waals surface area (Å²) in [4.78, 5) is 0. The third kappa shape index (κ3) is 5.35. The van der Waals surface area contributed by atoms with E-state index < -0.39 is 0 Å². The lowest BCUT2D eigenvalue weighted by atomic mass is 10.0. The Kier molecular flexibility index (Phi) is 8.04. The van der Waals surface area contributed by atoms with Gasteiger partial charge < -0.3 is 15.2 Å². The predicted octanol–water partition coefficient (Wildman–Crippen LogP) is 3.16. The van der Waals surface area contributed by atoms with E-state index in [1.807, 2.05) is 17.8 Å². The van der Waals surface area contributed by atoms with Gasteiger partial charge in [0.15, 0.2) is 0 Å². The predicted molar refractivity (Wildman–Crippen MR) is 87.8 cm³/mol. The van der Waals surface area contributed by atoms with Crippen LogP contribution in [0.4, 0.5) is 0 Å². The van der Waals surface area contributed by atoms with Crippen molar-refractivity contribution in [2.24, 2.45) is 0 Å². The Balaban J connectivity index is 2.81. The van der Waals surface area contributed by atoms with Gasteiger partial charge in [-0.05, 0) is 26.0 Å². The van der Waals surface area contributed by atoms with Crippen LogP contribution in [0.25, 0.3) is 0 Å². The second-order valence-electron chi connectivity index (χ2n) is 5.01. The van der Waals surface area contributed by atoms with E-state index in [1.54, 1.807) is 7.11 Å². The van der Waals surface area contributed by atoms with E-state index in [2.05, 4.69) is 38.2 Å². The number of aryl methyl sites for hydroxylation is 1. The van der Waals surface area contributed by atoms with Crippen LogP contribution in [-0.4, -0.2) is 36.4 Å². The topological polar surface area (TPSA) is 41.5 Å². The molecule has 0 aromatic heterocycles. The molecule has 1 aromatic rings. The van der Waals surface area contributed by atoms with Crippen molar-refractivity contribution >= 4 is 11.8 Å². The van der Waals surface area contributed by atoms with Gasteiger partial charge in [0.2, 0.25) is 0 Å². The normalized spacial score (nSPS) is 14.1. The maximum atomic E-state index is 8.99. The highest BCUT2D eigenvalue weighted by Crippen LogP contribution is 2.30. The molecule has 2 atom stereocenters. The minimum Gasteiger partial charge on any atom is -0.496 e. The number of benzene rings is 1. The molecule has 0 saturated heterocycles. The summed E-state index contributed by atoms with van der Waals surface area (Å²) in [5.41, 5.74) is 2.47. The lowest BCUT2D eigenvalue weighted by molar-refractivity contribution is 0.289. The number of thioether (sulfide) groups is 1. The fraction of sp³-hybridized carbons (Fsp3) is 0.625. The zero-order valence-corrected chi connectivity index (χ0v) is 13.8. The second kappa shape index (κ2) is 9.27. The van der Waals surface area contributed by atoms with Gasteiger partial charge in [-0.1, -0.05) is 31.5 Å². The summed E-state index contributed by atoms with van der Waals surface area (Å²) in [7, 11) is 1.72. The van der Waals surface area contributed by atoms with Gasteiger partial charge in [-0.3, -0.25) is 0 Å². The van der Waals surface area contributed by atoms with E-state index in [1.165, 1.54) is 11.1 Å². The molecular formula is C16H27NO2S. The molecule has 2 unspecified atom stereocenters. The summed E-state index contributed by atoms with van der Waals surface area (Å²) in [6.45, 7) is 7.58. The van der Waals surface area contributed by atoms with Gasteiger partial charge in [0, 0.05) is 29.2 Å². The molecule has 1 aromatic carbocycles. The minimum absolute atomic E-state index is 0.258. The largest absolute Gasteiger partial charge is 0.496 e. The zero-order valence-electron chi connectivity index (χ0n) is 13.0. The average molecular weight is 297 g/mol. The number of methoxy groups -OCH3 is 1. The van der Waals surface area contributed by atoms with Crippen molar-refractivity contribution in [1.29, 1.82) is 0 Å². The van der Waals surface area contributed by atoms with E-state index >= 15 is 0 Å². The maximum Gasteiger partial charge on any atom is 0.123 e. The SMILES string of the molecule is CCNC(CSC(C)CCO)c1cc(C)ccc1OC. The smallest absolute Gasteiger partial charge is 0.123 e. The Hall–Kier alpha value is -0.710. The first-order valence-electron chi connectivity index (χ1n) is 7.22. The number of ether oxygens (including phenoxy) is 1. The lowest BCUT2D eigenvalue weighted by Crippen LogP contribution is -2.24. The Bertz CT molecular complexity index is 398. The number of hydrogen-bond donors (Lipinski definition) is 2. The van der Waals surface area contributed by atoms with Crippen molar-refractivity contribution in [1.82, 2.24) is 5.32 Å². The van der Waals surface area contributed by atoms with E-state index in [-0.39, 0.29) is 12.6 Å². The fourth-order valence-corrected chi connectivity index (χ4v) is 3.25. The van der Waals surface area contributed by atoms with Gasteiger partial charge in [0.05, 0.1) is 7.11 Å². The molecule has 1 rings (SSSR count). The zero-order chi connectivity index (χ0) is 15.0. The van der Waals surface area contributed by atoms with Crippen molar-refractivity contribution in [3.8, 4) is 5.75 Å². The van der Waals surface area contributed by atoms with Crippen LogP contribution in [0.2, 0.25) is 0 Å². The van der Waals surface area contributed by atoms with Crippen LogP contribution in [0.5, 0.6) is 5.75 Å².